The summed E-state index contributed by atoms with van der Waals surface area (Å²) in [5.74, 6) is 1.26. The number of aromatic nitrogens is 5. The van der Waals surface area contributed by atoms with Gasteiger partial charge in [0, 0.05) is 38.2 Å². The number of fused-ring (bicyclic) bond motifs is 6. The van der Waals surface area contributed by atoms with Crippen molar-refractivity contribution in [2.45, 2.75) is 27.7 Å². The molecule has 0 aliphatic carbocycles. The largest absolute Gasteiger partial charge is 0.309 e. The molecule has 330 valence electrons. The Morgan fingerprint density at radius 2 is 0.857 bits per heavy atom. The van der Waals surface area contributed by atoms with Crippen molar-refractivity contribution in [3.63, 3.8) is 0 Å². The number of hydrogen-bond acceptors (Lipinski definition) is 4. The minimum atomic E-state index is 0.396. The fourth-order valence-electron chi connectivity index (χ4n) is 10.4. The fraction of sp³-hybridized carbons (Fsp3) is 0.0635. The first-order valence-electron chi connectivity index (χ1n) is 23.3. The SMILES string of the molecule is [C-]#[N+]c1ccc(-n2c3ccccc3c3cc(-c4cc(C)cc(C)c4)ccc32)c(-c2nc(-c3ccccc3)nc(-c3cc(C#N)ccc3-n3c4ccccc4c4cc(-c5cc(C)cc(C)c5)ccc43)n2)c1. The lowest BCUT2D eigenvalue weighted by Gasteiger charge is -2.17. The lowest BCUT2D eigenvalue weighted by atomic mass is 9.99. The van der Waals surface area contributed by atoms with Gasteiger partial charge in [-0.3, -0.25) is 0 Å². The smallest absolute Gasteiger partial charge is 0.188 e. The van der Waals surface area contributed by atoms with Crippen LogP contribution in [0.2, 0.25) is 0 Å². The summed E-state index contributed by atoms with van der Waals surface area (Å²) in [6.07, 6.45) is 0. The first-order chi connectivity index (χ1) is 34.2. The van der Waals surface area contributed by atoms with Crippen molar-refractivity contribution in [1.82, 2.24) is 24.1 Å². The summed E-state index contributed by atoms with van der Waals surface area (Å²) in [4.78, 5) is 19.8. The van der Waals surface area contributed by atoms with Gasteiger partial charge in [-0.2, -0.15) is 5.26 Å². The summed E-state index contributed by atoms with van der Waals surface area (Å²) < 4.78 is 4.52. The zero-order chi connectivity index (χ0) is 47.6. The van der Waals surface area contributed by atoms with Gasteiger partial charge >= 0.3 is 0 Å². The number of rotatable bonds is 7. The number of para-hydroxylation sites is 2. The van der Waals surface area contributed by atoms with E-state index in [-0.39, 0.29) is 0 Å². The van der Waals surface area contributed by atoms with Gasteiger partial charge in [-0.25, -0.2) is 19.8 Å². The molecular weight excluding hydrogens is 855 g/mol. The van der Waals surface area contributed by atoms with Crippen LogP contribution in [-0.2, 0) is 0 Å². The van der Waals surface area contributed by atoms with Crippen molar-refractivity contribution in [2.75, 3.05) is 0 Å². The second-order valence-corrected chi connectivity index (χ2v) is 18.3. The molecule has 7 nitrogen and oxygen atoms in total. The van der Waals surface area contributed by atoms with E-state index in [4.69, 9.17) is 21.5 Å². The van der Waals surface area contributed by atoms with Crippen LogP contribution in [0.25, 0.3) is 116 Å². The zero-order valence-corrected chi connectivity index (χ0v) is 39.0. The molecule has 0 atom stereocenters. The molecule has 0 saturated heterocycles. The molecule has 3 heterocycles. The van der Waals surface area contributed by atoms with E-state index >= 15 is 0 Å². The van der Waals surface area contributed by atoms with Crippen molar-refractivity contribution >= 4 is 49.3 Å². The Bertz CT molecular complexity index is 3910. The summed E-state index contributed by atoms with van der Waals surface area (Å²) in [5, 5.41) is 14.9. The van der Waals surface area contributed by atoms with E-state index in [9.17, 15) is 5.26 Å². The number of nitriles is 1. The maximum Gasteiger partial charge on any atom is 0.188 e. The molecule has 9 aromatic carbocycles. The number of hydrogen-bond donors (Lipinski definition) is 0. The highest BCUT2D eigenvalue weighted by Gasteiger charge is 2.23. The summed E-state index contributed by atoms with van der Waals surface area (Å²) in [5.41, 5.74) is 18.3. The van der Waals surface area contributed by atoms with E-state index in [1.54, 1.807) is 0 Å². The molecule has 0 fully saturated rings. The molecule has 0 N–H and O–H groups in total. The first kappa shape index (κ1) is 42.0. The van der Waals surface area contributed by atoms with Crippen molar-refractivity contribution in [3.05, 3.63) is 227 Å². The number of aryl methyl sites for hydroxylation is 4. The van der Waals surface area contributed by atoms with Crippen LogP contribution in [-0.4, -0.2) is 24.1 Å². The third-order valence-electron chi connectivity index (χ3n) is 13.3. The summed E-state index contributed by atoms with van der Waals surface area (Å²) in [6, 6.07) is 67.3. The Balaban J connectivity index is 1.10. The molecule has 12 aromatic rings. The van der Waals surface area contributed by atoms with Gasteiger partial charge in [-0.1, -0.05) is 144 Å². The molecule has 3 aromatic heterocycles. The Kier molecular flexibility index (Phi) is 10.0. The second-order valence-electron chi connectivity index (χ2n) is 18.3. The molecule has 0 bridgehead atoms. The van der Waals surface area contributed by atoms with E-state index in [0.717, 1.165) is 71.7 Å². The molecule has 0 amide bonds. The molecule has 0 saturated carbocycles. The Morgan fingerprint density at radius 3 is 1.37 bits per heavy atom. The molecular formula is C63H43N7. The normalized spacial score (nSPS) is 11.4. The average Bonchev–Trinajstić information content (AvgIpc) is 3.90. The van der Waals surface area contributed by atoms with E-state index in [1.165, 1.54) is 33.4 Å². The molecule has 0 aliphatic rings. The first-order valence-corrected chi connectivity index (χ1v) is 23.3. The van der Waals surface area contributed by atoms with Crippen LogP contribution in [0, 0.1) is 45.6 Å². The van der Waals surface area contributed by atoms with Gasteiger partial charge in [-0.05, 0) is 117 Å². The highest BCUT2D eigenvalue weighted by atomic mass is 15.1. The molecule has 0 unspecified atom stereocenters. The van der Waals surface area contributed by atoms with Crippen molar-refractivity contribution in [3.8, 4) is 73.9 Å². The Hall–Kier alpha value is -9.43. The van der Waals surface area contributed by atoms with Crippen molar-refractivity contribution < 1.29 is 0 Å². The van der Waals surface area contributed by atoms with Crippen LogP contribution in [0.1, 0.15) is 27.8 Å². The number of benzene rings is 9. The van der Waals surface area contributed by atoms with Gasteiger partial charge < -0.3 is 9.13 Å². The molecule has 0 radical (unpaired) electrons. The van der Waals surface area contributed by atoms with Gasteiger partial charge in [0.2, 0.25) is 0 Å². The molecule has 12 rings (SSSR count). The van der Waals surface area contributed by atoms with Crippen LogP contribution in [0.3, 0.4) is 0 Å². The maximum absolute atomic E-state index is 10.5. The average molecular weight is 898 g/mol. The van der Waals surface area contributed by atoms with Gasteiger partial charge in [0.1, 0.15) is 0 Å². The topological polar surface area (TPSA) is 76.7 Å². The monoisotopic (exact) mass is 897 g/mol. The van der Waals surface area contributed by atoms with Gasteiger partial charge in [0.25, 0.3) is 0 Å². The highest BCUT2D eigenvalue weighted by Crippen LogP contribution is 2.42. The molecule has 7 heteroatoms. The summed E-state index contributed by atoms with van der Waals surface area (Å²) in [7, 11) is 0. The minimum absolute atomic E-state index is 0.396. The van der Waals surface area contributed by atoms with Crippen LogP contribution in [0.15, 0.2) is 188 Å². The molecule has 70 heavy (non-hydrogen) atoms. The highest BCUT2D eigenvalue weighted by molar-refractivity contribution is 6.12. The van der Waals surface area contributed by atoms with E-state index in [2.05, 4.69) is 169 Å². The van der Waals surface area contributed by atoms with Crippen LogP contribution < -0.4 is 0 Å². The fourth-order valence-corrected chi connectivity index (χ4v) is 10.4. The van der Waals surface area contributed by atoms with E-state index < -0.39 is 0 Å². The Morgan fingerprint density at radius 1 is 0.400 bits per heavy atom. The van der Waals surface area contributed by atoms with Crippen LogP contribution in [0.4, 0.5) is 5.69 Å². The van der Waals surface area contributed by atoms with Crippen molar-refractivity contribution in [2.24, 2.45) is 0 Å². The summed E-state index contributed by atoms with van der Waals surface area (Å²) in [6.45, 7) is 16.7. The summed E-state index contributed by atoms with van der Waals surface area (Å²) >= 11 is 0. The van der Waals surface area contributed by atoms with Gasteiger partial charge in [-0.15, -0.1) is 0 Å². The maximum atomic E-state index is 10.5. The predicted molar refractivity (Wildman–Crippen MR) is 286 cm³/mol. The van der Waals surface area contributed by atoms with Gasteiger partial charge in [0.15, 0.2) is 23.2 Å². The van der Waals surface area contributed by atoms with Gasteiger partial charge in [0.05, 0.1) is 51.6 Å². The lowest BCUT2D eigenvalue weighted by Crippen LogP contribution is -2.05. The van der Waals surface area contributed by atoms with Crippen molar-refractivity contribution in [1.29, 1.82) is 5.26 Å². The zero-order valence-electron chi connectivity index (χ0n) is 39.0. The quantitative estimate of drug-likeness (QED) is 0.149. The van der Waals surface area contributed by atoms with E-state index in [0.29, 0.717) is 39.9 Å². The second kappa shape index (κ2) is 16.7. The minimum Gasteiger partial charge on any atom is -0.309 e. The third kappa shape index (κ3) is 7.17. The van der Waals surface area contributed by atoms with Crippen LogP contribution >= 0.6 is 0 Å². The van der Waals surface area contributed by atoms with Crippen LogP contribution in [0.5, 0.6) is 0 Å². The molecule has 0 aliphatic heterocycles. The predicted octanol–water partition coefficient (Wildman–Crippen LogP) is 16.1. The standard InChI is InChI=1S/C63H43N7/c1-38-27-39(2)30-46(29-38)44-20-24-57-51(34-44)49-15-9-11-17-55(49)69(57)59-23-19-42(37-64)33-53(59)62-66-61(43-13-7-6-8-14-43)67-63(68-62)54-36-48(65-5)22-26-60(54)70-56-18-12-10-16-50(56)52-35-45(21-25-58(52)70)47-31-40(3)28-41(4)32-47/h6-36H,1-4H3. The number of nitrogens with zero attached hydrogens (tertiary/aromatic N) is 7. The molecule has 0 spiro atoms. The third-order valence-corrected chi connectivity index (χ3v) is 13.3. The van der Waals surface area contributed by atoms with E-state index in [1.807, 2.05) is 66.7 Å². The lowest BCUT2D eigenvalue weighted by molar-refractivity contribution is 1.06. The Labute approximate surface area is 405 Å².